The maximum absolute atomic E-state index is 13.2. The van der Waals surface area contributed by atoms with Crippen LogP contribution in [0.3, 0.4) is 0 Å². The molecule has 0 radical (unpaired) electrons. The SMILES string of the molecule is O=C(c1ccccc1SCC1CCCO1)N1CCN(Cc2ccc3c(c2)OCO3)CC1. The lowest BCUT2D eigenvalue weighted by atomic mass is 10.1. The van der Waals surface area contributed by atoms with Gasteiger partial charge in [-0.25, -0.2) is 0 Å². The van der Waals surface area contributed by atoms with E-state index in [0.717, 1.165) is 79.9 Å². The van der Waals surface area contributed by atoms with Gasteiger partial charge in [0.25, 0.3) is 5.91 Å². The van der Waals surface area contributed by atoms with Crippen molar-refractivity contribution in [2.75, 3.05) is 45.3 Å². The summed E-state index contributed by atoms with van der Waals surface area (Å²) in [6.45, 7) is 5.24. The third kappa shape index (κ3) is 4.84. The highest BCUT2D eigenvalue weighted by molar-refractivity contribution is 7.99. The van der Waals surface area contributed by atoms with Crippen molar-refractivity contribution >= 4 is 17.7 Å². The highest BCUT2D eigenvalue weighted by atomic mass is 32.2. The first kappa shape index (κ1) is 20.7. The Balaban J connectivity index is 1.16. The van der Waals surface area contributed by atoms with E-state index < -0.39 is 0 Å². The monoisotopic (exact) mass is 440 g/mol. The fraction of sp³-hybridized carbons (Fsp3) is 0.458. The molecule has 3 aliphatic rings. The largest absolute Gasteiger partial charge is 0.454 e. The molecule has 2 fully saturated rings. The van der Waals surface area contributed by atoms with Gasteiger partial charge in [-0.15, -0.1) is 11.8 Å². The van der Waals surface area contributed by atoms with Crippen LogP contribution in [0.4, 0.5) is 0 Å². The van der Waals surface area contributed by atoms with Crippen LogP contribution in [0.25, 0.3) is 0 Å². The lowest BCUT2D eigenvalue weighted by molar-refractivity contribution is 0.0625. The molecule has 3 heterocycles. The van der Waals surface area contributed by atoms with Gasteiger partial charge in [0.1, 0.15) is 0 Å². The van der Waals surface area contributed by atoms with Crippen molar-refractivity contribution in [2.24, 2.45) is 0 Å². The van der Waals surface area contributed by atoms with Crippen molar-refractivity contribution in [3.8, 4) is 11.5 Å². The minimum atomic E-state index is 0.137. The standard InChI is InChI=1S/C24H28N2O4S/c27-24(20-5-1-2-6-23(20)31-16-19-4-3-13-28-19)26-11-9-25(10-12-26)15-18-7-8-21-22(14-18)30-17-29-21/h1-2,5-8,14,19H,3-4,9-13,15-17H2. The zero-order valence-electron chi connectivity index (χ0n) is 17.6. The number of piperazine rings is 1. The van der Waals surface area contributed by atoms with Crippen LogP contribution >= 0.6 is 11.8 Å². The Morgan fingerprint density at radius 3 is 2.71 bits per heavy atom. The molecule has 0 aromatic heterocycles. The fourth-order valence-corrected chi connectivity index (χ4v) is 5.42. The van der Waals surface area contributed by atoms with Gasteiger partial charge in [0.15, 0.2) is 11.5 Å². The molecule has 164 valence electrons. The summed E-state index contributed by atoms with van der Waals surface area (Å²) in [5.41, 5.74) is 2.02. The lowest BCUT2D eigenvalue weighted by Crippen LogP contribution is -2.48. The topological polar surface area (TPSA) is 51.2 Å². The average Bonchev–Trinajstić information content (AvgIpc) is 3.50. The second-order valence-electron chi connectivity index (χ2n) is 8.20. The van der Waals surface area contributed by atoms with Crippen LogP contribution in [-0.2, 0) is 11.3 Å². The van der Waals surface area contributed by atoms with Crippen LogP contribution in [0.15, 0.2) is 47.4 Å². The van der Waals surface area contributed by atoms with E-state index >= 15 is 0 Å². The zero-order valence-corrected chi connectivity index (χ0v) is 18.4. The normalized spacial score (nSPS) is 20.9. The Morgan fingerprint density at radius 1 is 1.03 bits per heavy atom. The van der Waals surface area contributed by atoms with Crippen LogP contribution in [0, 0.1) is 0 Å². The number of amides is 1. The van der Waals surface area contributed by atoms with Crippen LogP contribution in [-0.4, -0.2) is 67.1 Å². The Hall–Kier alpha value is -2.22. The maximum atomic E-state index is 13.2. The van der Waals surface area contributed by atoms with E-state index in [-0.39, 0.29) is 5.91 Å². The second kappa shape index (κ2) is 9.51. The molecular formula is C24H28N2O4S. The van der Waals surface area contributed by atoms with E-state index in [9.17, 15) is 4.79 Å². The number of hydrogen-bond donors (Lipinski definition) is 0. The quantitative estimate of drug-likeness (QED) is 0.640. The molecule has 5 rings (SSSR count). The molecule has 0 aliphatic carbocycles. The van der Waals surface area contributed by atoms with Crippen molar-refractivity contribution in [1.82, 2.24) is 9.80 Å². The van der Waals surface area contributed by atoms with Crippen molar-refractivity contribution < 1.29 is 19.0 Å². The number of carbonyl (C=O) groups excluding carboxylic acids is 1. The number of carbonyl (C=O) groups is 1. The van der Waals surface area contributed by atoms with Crippen molar-refractivity contribution in [3.05, 3.63) is 53.6 Å². The molecule has 1 atom stereocenters. The third-order valence-electron chi connectivity index (χ3n) is 6.07. The average molecular weight is 441 g/mol. The summed E-state index contributed by atoms with van der Waals surface area (Å²) < 4.78 is 16.6. The van der Waals surface area contributed by atoms with Gasteiger partial charge in [0.05, 0.1) is 11.7 Å². The summed E-state index contributed by atoms with van der Waals surface area (Å²) in [6.07, 6.45) is 2.57. The highest BCUT2D eigenvalue weighted by Crippen LogP contribution is 2.33. The highest BCUT2D eigenvalue weighted by Gasteiger charge is 2.25. The Morgan fingerprint density at radius 2 is 1.87 bits per heavy atom. The first-order valence-corrected chi connectivity index (χ1v) is 12.0. The minimum Gasteiger partial charge on any atom is -0.454 e. The number of fused-ring (bicyclic) bond motifs is 1. The summed E-state index contributed by atoms with van der Waals surface area (Å²) >= 11 is 1.74. The van der Waals surface area contributed by atoms with Gasteiger partial charge in [-0.3, -0.25) is 9.69 Å². The summed E-state index contributed by atoms with van der Waals surface area (Å²) in [7, 11) is 0. The van der Waals surface area contributed by atoms with Gasteiger partial charge < -0.3 is 19.1 Å². The molecule has 3 aliphatic heterocycles. The van der Waals surface area contributed by atoms with Crippen molar-refractivity contribution in [2.45, 2.75) is 30.4 Å². The lowest BCUT2D eigenvalue weighted by Gasteiger charge is -2.35. The molecule has 0 bridgehead atoms. The molecule has 7 heteroatoms. The fourth-order valence-electron chi connectivity index (χ4n) is 4.30. The van der Waals surface area contributed by atoms with E-state index in [1.807, 2.05) is 29.2 Å². The first-order valence-electron chi connectivity index (χ1n) is 11.0. The van der Waals surface area contributed by atoms with Gasteiger partial charge in [0, 0.05) is 50.0 Å². The summed E-state index contributed by atoms with van der Waals surface area (Å²) in [5.74, 6) is 2.69. The minimum absolute atomic E-state index is 0.137. The van der Waals surface area contributed by atoms with E-state index in [1.165, 1.54) is 5.56 Å². The summed E-state index contributed by atoms with van der Waals surface area (Å²) in [5, 5.41) is 0. The molecule has 2 saturated heterocycles. The van der Waals surface area contributed by atoms with E-state index in [2.05, 4.69) is 23.1 Å². The van der Waals surface area contributed by atoms with Crippen LogP contribution in [0.2, 0.25) is 0 Å². The second-order valence-corrected chi connectivity index (χ2v) is 9.26. The number of benzene rings is 2. The number of hydrogen-bond acceptors (Lipinski definition) is 6. The molecule has 31 heavy (non-hydrogen) atoms. The molecule has 0 saturated carbocycles. The molecule has 0 spiro atoms. The molecule has 0 N–H and O–H groups in total. The number of rotatable bonds is 6. The Bertz CT molecular complexity index is 924. The van der Waals surface area contributed by atoms with Crippen molar-refractivity contribution in [3.63, 3.8) is 0 Å². The predicted molar refractivity (Wildman–Crippen MR) is 120 cm³/mol. The molecule has 2 aromatic carbocycles. The van der Waals surface area contributed by atoms with E-state index in [1.54, 1.807) is 11.8 Å². The molecular weight excluding hydrogens is 412 g/mol. The first-order chi connectivity index (χ1) is 15.3. The Labute approximate surface area is 187 Å². The van der Waals surface area contributed by atoms with Gasteiger partial charge >= 0.3 is 0 Å². The smallest absolute Gasteiger partial charge is 0.255 e. The zero-order chi connectivity index (χ0) is 21.0. The number of thioether (sulfide) groups is 1. The van der Waals surface area contributed by atoms with Crippen molar-refractivity contribution in [1.29, 1.82) is 0 Å². The van der Waals surface area contributed by atoms with E-state index in [0.29, 0.717) is 12.9 Å². The van der Waals surface area contributed by atoms with Gasteiger partial charge in [-0.1, -0.05) is 18.2 Å². The summed E-state index contributed by atoms with van der Waals surface area (Å²) in [6, 6.07) is 14.1. The third-order valence-corrected chi connectivity index (χ3v) is 7.27. The van der Waals surface area contributed by atoms with Gasteiger partial charge in [0.2, 0.25) is 6.79 Å². The van der Waals surface area contributed by atoms with Gasteiger partial charge in [-0.2, -0.15) is 0 Å². The van der Waals surface area contributed by atoms with Crippen LogP contribution in [0.5, 0.6) is 11.5 Å². The van der Waals surface area contributed by atoms with Gasteiger partial charge in [-0.05, 0) is 42.7 Å². The number of nitrogens with zero attached hydrogens (tertiary/aromatic N) is 2. The molecule has 2 aromatic rings. The van der Waals surface area contributed by atoms with E-state index in [4.69, 9.17) is 14.2 Å². The Kier molecular flexibility index (Phi) is 6.34. The van der Waals surface area contributed by atoms with Crippen LogP contribution < -0.4 is 9.47 Å². The van der Waals surface area contributed by atoms with Crippen LogP contribution in [0.1, 0.15) is 28.8 Å². The summed E-state index contributed by atoms with van der Waals surface area (Å²) in [4.78, 5) is 18.7. The maximum Gasteiger partial charge on any atom is 0.255 e. The molecule has 1 unspecified atom stereocenters. The molecule has 6 nitrogen and oxygen atoms in total. The predicted octanol–water partition coefficient (Wildman–Crippen LogP) is 3.64. The number of ether oxygens (including phenoxy) is 3. The molecule has 1 amide bonds.